The lowest BCUT2D eigenvalue weighted by atomic mass is 10.3. The van der Waals surface area contributed by atoms with Crippen molar-refractivity contribution < 1.29 is 9.53 Å². The van der Waals surface area contributed by atoms with Crippen molar-refractivity contribution in [1.29, 1.82) is 0 Å². The predicted molar refractivity (Wildman–Crippen MR) is 99.3 cm³/mol. The van der Waals surface area contributed by atoms with Gasteiger partial charge in [0.15, 0.2) is 0 Å². The Morgan fingerprint density at radius 2 is 2.31 bits per heavy atom. The zero-order valence-electron chi connectivity index (χ0n) is 15.3. The molecule has 8 heteroatoms. The second-order valence-corrected chi connectivity index (χ2v) is 6.28. The molecule has 2 aromatic heterocycles. The van der Waals surface area contributed by atoms with Gasteiger partial charge in [-0.05, 0) is 19.1 Å². The Labute approximate surface area is 152 Å². The lowest BCUT2D eigenvalue weighted by Crippen LogP contribution is -2.40. The fraction of sp³-hybridized carbons (Fsp3) is 0.389. The number of H-pyrrole nitrogens is 1. The van der Waals surface area contributed by atoms with Gasteiger partial charge in [-0.1, -0.05) is 0 Å². The Bertz CT molecular complexity index is 858. The van der Waals surface area contributed by atoms with Crippen molar-refractivity contribution in [3.8, 4) is 5.75 Å². The van der Waals surface area contributed by atoms with Crippen LogP contribution in [0.4, 0.5) is 4.79 Å². The molecule has 0 aliphatic rings. The quantitative estimate of drug-likeness (QED) is 0.679. The number of amides is 2. The maximum absolute atomic E-state index is 12.2. The molecule has 1 unspecified atom stereocenters. The number of benzene rings is 1. The fourth-order valence-corrected chi connectivity index (χ4v) is 2.67. The van der Waals surface area contributed by atoms with E-state index in [4.69, 9.17) is 4.74 Å². The van der Waals surface area contributed by atoms with Crippen molar-refractivity contribution in [1.82, 2.24) is 29.7 Å². The highest BCUT2D eigenvalue weighted by Gasteiger charge is 2.12. The number of carbonyl (C=O) groups excluding carboxylic acids is 1. The summed E-state index contributed by atoms with van der Waals surface area (Å²) in [5.74, 6) is 1.64. The first-order valence-corrected chi connectivity index (χ1v) is 8.56. The van der Waals surface area contributed by atoms with Crippen LogP contribution in [0, 0.1) is 0 Å². The lowest BCUT2D eigenvalue weighted by molar-refractivity contribution is 0.207. The molecule has 2 amide bonds. The van der Waals surface area contributed by atoms with E-state index in [0.29, 0.717) is 19.5 Å². The molecule has 26 heavy (non-hydrogen) atoms. The van der Waals surface area contributed by atoms with Gasteiger partial charge in [-0.2, -0.15) is 0 Å². The summed E-state index contributed by atoms with van der Waals surface area (Å²) in [5.41, 5.74) is 1.82. The normalized spacial score (nSPS) is 12.1. The lowest BCUT2D eigenvalue weighted by Gasteiger charge is -2.20. The smallest absolute Gasteiger partial charge is 0.317 e. The van der Waals surface area contributed by atoms with Gasteiger partial charge in [0.25, 0.3) is 0 Å². The molecule has 2 N–H and O–H groups in total. The first kappa shape index (κ1) is 17.8. The van der Waals surface area contributed by atoms with Gasteiger partial charge in [-0.15, -0.1) is 0 Å². The molecule has 0 spiro atoms. The highest BCUT2D eigenvalue weighted by molar-refractivity contribution is 5.77. The Morgan fingerprint density at radius 3 is 3.04 bits per heavy atom. The van der Waals surface area contributed by atoms with Gasteiger partial charge >= 0.3 is 6.03 Å². The number of likely N-dealkylation sites (N-methyl/N-ethyl adjacent to an activating group) is 1. The number of aromatic amines is 1. The molecule has 3 aromatic rings. The summed E-state index contributed by atoms with van der Waals surface area (Å²) in [6, 6.07) is 5.77. The standard InChI is InChI=1S/C18H24N6O2/c1-13(24-9-7-19-12-24)11-20-18(25)23(2)8-6-17-21-15-5-4-14(26-3)10-16(15)22-17/h4-5,7,9-10,12-13H,6,8,11H2,1-3H3,(H,20,25)(H,21,22). The van der Waals surface area contributed by atoms with E-state index in [1.165, 1.54) is 0 Å². The van der Waals surface area contributed by atoms with Crippen LogP contribution in [-0.4, -0.2) is 57.7 Å². The van der Waals surface area contributed by atoms with E-state index in [-0.39, 0.29) is 12.1 Å². The summed E-state index contributed by atoms with van der Waals surface area (Å²) >= 11 is 0. The van der Waals surface area contributed by atoms with E-state index in [1.807, 2.05) is 35.9 Å². The van der Waals surface area contributed by atoms with Gasteiger partial charge in [0, 0.05) is 51.1 Å². The monoisotopic (exact) mass is 356 g/mol. The molecule has 0 bridgehead atoms. The summed E-state index contributed by atoms with van der Waals surface area (Å²) < 4.78 is 7.18. The van der Waals surface area contributed by atoms with Crippen LogP contribution in [-0.2, 0) is 6.42 Å². The van der Waals surface area contributed by atoms with Crippen molar-refractivity contribution in [2.45, 2.75) is 19.4 Å². The Kier molecular flexibility index (Phi) is 5.40. The number of aromatic nitrogens is 4. The van der Waals surface area contributed by atoms with Gasteiger partial charge < -0.3 is 24.5 Å². The van der Waals surface area contributed by atoms with Crippen molar-refractivity contribution >= 4 is 17.1 Å². The first-order chi connectivity index (χ1) is 12.6. The van der Waals surface area contributed by atoms with E-state index in [9.17, 15) is 4.79 Å². The molecule has 0 aliphatic carbocycles. The number of nitrogens with one attached hydrogen (secondary N) is 2. The number of rotatable bonds is 7. The summed E-state index contributed by atoms with van der Waals surface area (Å²) in [7, 11) is 3.42. The first-order valence-electron chi connectivity index (χ1n) is 8.56. The molecule has 0 saturated heterocycles. The minimum Gasteiger partial charge on any atom is -0.497 e. The maximum Gasteiger partial charge on any atom is 0.317 e. The summed E-state index contributed by atoms with van der Waals surface area (Å²) in [5, 5.41) is 2.94. The van der Waals surface area contributed by atoms with Crippen LogP contribution in [0.5, 0.6) is 5.75 Å². The molecular weight excluding hydrogens is 332 g/mol. The van der Waals surface area contributed by atoms with Crippen molar-refractivity contribution in [2.24, 2.45) is 0 Å². The SMILES string of the molecule is COc1ccc2nc(CCN(C)C(=O)NCC(C)n3ccnc3)[nH]c2c1. The van der Waals surface area contributed by atoms with Crippen LogP contribution in [0.2, 0.25) is 0 Å². The summed E-state index contributed by atoms with van der Waals surface area (Å²) in [6.07, 6.45) is 6.01. The molecule has 0 aliphatic heterocycles. The number of imidazole rings is 2. The van der Waals surface area contributed by atoms with Gasteiger partial charge in [0.2, 0.25) is 0 Å². The summed E-state index contributed by atoms with van der Waals surface area (Å²) in [4.78, 5) is 25.7. The molecule has 8 nitrogen and oxygen atoms in total. The van der Waals surface area contributed by atoms with Gasteiger partial charge in [0.05, 0.1) is 24.5 Å². The number of hydrogen-bond donors (Lipinski definition) is 2. The van der Waals surface area contributed by atoms with E-state index in [2.05, 4.69) is 20.3 Å². The molecule has 0 fully saturated rings. The van der Waals surface area contributed by atoms with E-state index < -0.39 is 0 Å². The minimum atomic E-state index is -0.102. The zero-order chi connectivity index (χ0) is 18.5. The molecule has 2 heterocycles. The van der Waals surface area contributed by atoms with E-state index >= 15 is 0 Å². The number of ether oxygens (including phenoxy) is 1. The Morgan fingerprint density at radius 1 is 1.46 bits per heavy atom. The van der Waals surface area contributed by atoms with Crippen LogP contribution >= 0.6 is 0 Å². The average molecular weight is 356 g/mol. The molecule has 0 saturated carbocycles. The largest absolute Gasteiger partial charge is 0.497 e. The van der Waals surface area contributed by atoms with Crippen LogP contribution in [0.15, 0.2) is 36.9 Å². The highest BCUT2D eigenvalue weighted by atomic mass is 16.5. The Hall–Kier alpha value is -3.03. The molecule has 0 radical (unpaired) electrons. The van der Waals surface area contributed by atoms with Crippen LogP contribution < -0.4 is 10.1 Å². The van der Waals surface area contributed by atoms with Gasteiger partial charge in [0.1, 0.15) is 11.6 Å². The number of methoxy groups -OCH3 is 1. The molecule has 138 valence electrons. The molecule has 1 atom stereocenters. The Balaban J connectivity index is 1.49. The van der Waals surface area contributed by atoms with Crippen LogP contribution in [0.3, 0.4) is 0 Å². The fourth-order valence-electron chi connectivity index (χ4n) is 2.67. The molecule has 3 rings (SSSR count). The number of hydrogen-bond acceptors (Lipinski definition) is 4. The van der Waals surface area contributed by atoms with Crippen molar-refractivity contribution in [3.05, 3.63) is 42.7 Å². The van der Waals surface area contributed by atoms with E-state index in [1.54, 1.807) is 31.6 Å². The number of carbonyl (C=O) groups is 1. The van der Waals surface area contributed by atoms with Gasteiger partial charge in [-0.25, -0.2) is 14.8 Å². The van der Waals surface area contributed by atoms with Crippen molar-refractivity contribution in [3.63, 3.8) is 0 Å². The number of urea groups is 1. The van der Waals surface area contributed by atoms with E-state index in [0.717, 1.165) is 22.6 Å². The zero-order valence-corrected chi connectivity index (χ0v) is 15.3. The number of nitrogens with zero attached hydrogens (tertiary/aromatic N) is 4. The second-order valence-electron chi connectivity index (χ2n) is 6.28. The second kappa shape index (κ2) is 7.90. The number of fused-ring (bicyclic) bond motifs is 1. The molecule has 1 aromatic carbocycles. The maximum atomic E-state index is 12.2. The topological polar surface area (TPSA) is 88.1 Å². The van der Waals surface area contributed by atoms with Gasteiger partial charge in [-0.3, -0.25) is 0 Å². The van der Waals surface area contributed by atoms with Crippen LogP contribution in [0.25, 0.3) is 11.0 Å². The third kappa shape index (κ3) is 4.14. The highest BCUT2D eigenvalue weighted by Crippen LogP contribution is 2.18. The minimum absolute atomic E-state index is 0.102. The van der Waals surface area contributed by atoms with Crippen molar-refractivity contribution in [2.75, 3.05) is 27.2 Å². The third-order valence-electron chi connectivity index (χ3n) is 4.35. The third-order valence-corrected chi connectivity index (χ3v) is 4.35. The summed E-state index contributed by atoms with van der Waals surface area (Å²) in [6.45, 7) is 3.15. The van der Waals surface area contributed by atoms with Crippen LogP contribution in [0.1, 0.15) is 18.8 Å². The average Bonchev–Trinajstić information content (AvgIpc) is 3.32. The molecular formula is C18H24N6O2. The predicted octanol–water partition coefficient (Wildman–Crippen LogP) is 2.21.